The van der Waals surface area contributed by atoms with Crippen LogP contribution in [0.1, 0.15) is 59.3 Å². The molecule has 17 heavy (non-hydrogen) atoms. The summed E-state index contributed by atoms with van der Waals surface area (Å²) >= 11 is 0. The monoisotopic (exact) mass is 240 g/mol. The van der Waals surface area contributed by atoms with E-state index in [9.17, 15) is 0 Å². The summed E-state index contributed by atoms with van der Waals surface area (Å²) in [7, 11) is 2.26. The van der Waals surface area contributed by atoms with Crippen molar-refractivity contribution < 1.29 is 0 Å². The van der Waals surface area contributed by atoms with Gasteiger partial charge in [0.05, 0.1) is 0 Å². The number of hydrogen-bond donors (Lipinski definition) is 1. The second-order valence-electron chi connectivity index (χ2n) is 7.10. The lowest BCUT2D eigenvalue weighted by Crippen LogP contribution is -2.43. The van der Waals surface area contributed by atoms with E-state index in [-0.39, 0.29) is 0 Å². The lowest BCUT2D eigenvalue weighted by molar-refractivity contribution is 0.148. The van der Waals surface area contributed by atoms with E-state index < -0.39 is 0 Å². The number of nitrogens with zero attached hydrogens (tertiary/aromatic N) is 1. The predicted molar refractivity (Wildman–Crippen MR) is 76.1 cm³/mol. The standard InChI is InChI=1S/C15H32N2/c1-15(2,3)10-14(11-16)17(4)12-13-8-6-5-7-9-13/h13-14H,5-12,16H2,1-4H3. The Balaban J connectivity index is 2.39. The van der Waals surface area contributed by atoms with E-state index in [2.05, 4.69) is 32.7 Å². The molecule has 0 amide bonds. The molecule has 1 saturated carbocycles. The fraction of sp³-hybridized carbons (Fsp3) is 1.00. The van der Waals surface area contributed by atoms with E-state index >= 15 is 0 Å². The Morgan fingerprint density at radius 1 is 1.18 bits per heavy atom. The molecule has 0 aliphatic heterocycles. The summed E-state index contributed by atoms with van der Waals surface area (Å²) in [5.41, 5.74) is 6.32. The zero-order chi connectivity index (χ0) is 12.9. The number of rotatable bonds is 5. The van der Waals surface area contributed by atoms with Crippen molar-refractivity contribution in [2.24, 2.45) is 17.1 Å². The van der Waals surface area contributed by atoms with Crippen molar-refractivity contribution in [2.45, 2.75) is 65.3 Å². The summed E-state index contributed by atoms with van der Waals surface area (Å²) in [5.74, 6) is 0.919. The van der Waals surface area contributed by atoms with E-state index in [1.165, 1.54) is 45.1 Å². The minimum atomic E-state index is 0.380. The van der Waals surface area contributed by atoms with Gasteiger partial charge in [-0.3, -0.25) is 0 Å². The van der Waals surface area contributed by atoms with Gasteiger partial charge < -0.3 is 10.6 Å². The second kappa shape index (κ2) is 6.75. The van der Waals surface area contributed by atoms with Crippen molar-refractivity contribution in [3.8, 4) is 0 Å². The lowest BCUT2D eigenvalue weighted by atomic mass is 9.86. The van der Waals surface area contributed by atoms with Gasteiger partial charge in [-0.1, -0.05) is 40.0 Å². The molecule has 102 valence electrons. The van der Waals surface area contributed by atoms with Crippen molar-refractivity contribution in [1.29, 1.82) is 0 Å². The lowest BCUT2D eigenvalue weighted by Gasteiger charge is -2.35. The molecule has 2 heteroatoms. The molecule has 0 heterocycles. The van der Waals surface area contributed by atoms with Gasteiger partial charge in [-0.2, -0.15) is 0 Å². The quantitative estimate of drug-likeness (QED) is 0.799. The fourth-order valence-corrected chi connectivity index (χ4v) is 3.05. The average molecular weight is 240 g/mol. The summed E-state index contributed by atoms with van der Waals surface area (Å²) in [5, 5.41) is 0. The fourth-order valence-electron chi connectivity index (χ4n) is 3.05. The van der Waals surface area contributed by atoms with Crippen molar-refractivity contribution in [2.75, 3.05) is 20.1 Å². The maximum Gasteiger partial charge on any atom is 0.0220 e. The van der Waals surface area contributed by atoms with Gasteiger partial charge in [0.15, 0.2) is 0 Å². The van der Waals surface area contributed by atoms with Crippen LogP contribution in [0.15, 0.2) is 0 Å². The Bertz CT molecular complexity index is 201. The molecule has 0 spiro atoms. The average Bonchev–Trinajstić information content (AvgIpc) is 2.26. The summed E-state index contributed by atoms with van der Waals surface area (Å²) in [6, 6.07) is 0.553. The van der Waals surface area contributed by atoms with Crippen LogP contribution in [0.3, 0.4) is 0 Å². The van der Waals surface area contributed by atoms with Gasteiger partial charge >= 0.3 is 0 Å². The molecule has 0 radical (unpaired) electrons. The van der Waals surface area contributed by atoms with Gasteiger partial charge in [0.25, 0.3) is 0 Å². The minimum Gasteiger partial charge on any atom is -0.329 e. The molecule has 0 aromatic carbocycles. The van der Waals surface area contributed by atoms with Crippen LogP contribution in [0.25, 0.3) is 0 Å². The molecule has 2 N–H and O–H groups in total. The van der Waals surface area contributed by atoms with Crippen LogP contribution in [0.4, 0.5) is 0 Å². The maximum atomic E-state index is 5.94. The minimum absolute atomic E-state index is 0.380. The first-order chi connectivity index (χ1) is 7.92. The highest BCUT2D eigenvalue weighted by Gasteiger charge is 2.23. The van der Waals surface area contributed by atoms with E-state index in [1.54, 1.807) is 0 Å². The van der Waals surface area contributed by atoms with Crippen molar-refractivity contribution in [1.82, 2.24) is 4.90 Å². The molecule has 1 atom stereocenters. The van der Waals surface area contributed by atoms with Crippen LogP contribution in [0.2, 0.25) is 0 Å². The molecule has 1 aliphatic rings. The van der Waals surface area contributed by atoms with Gasteiger partial charge in [0.1, 0.15) is 0 Å². The van der Waals surface area contributed by atoms with Crippen LogP contribution >= 0.6 is 0 Å². The third-order valence-electron chi connectivity index (χ3n) is 4.01. The molecule has 2 nitrogen and oxygen atoms in total. The van der Waals surface area contributed by atoms with Crippen LogP contribution in [-0.4, -0.2) is 31.1 Å². The van der Waals surface area contributed by atoms with Gasteiger partial charge in [-0.05, 0) is 37.6 Å². The molecule has 1 fully saturated rings. The third-order valence-corrected chi connectivity index (χ3v) is 4.01. The molecular weight excluding hydrogens is 208 g/mol. The van der Waals surface area contributed by atoms with Crippen LogP contribution in [-0.2, 0) is 0 Å². The topological polar surface area (TPSA) is 29.3 Å². The Morgan fingerprint density at radius 3 is 2.24 bits per heavy atom. The normalized spacial score (nSPS) is 20.8. The molecule has 0 aromatic heterocycles. The number of nitrogens with two attached hydrogens (primary N) is 1. The zero-order valence-electron chi connectivity index (χ0n) is 12.3. The smallest absolute Gasteiger partial charge is 0.0220 e. The number of likely N-dealkylation sites (N-methyl/N-ethyl adjacent to an activating group) is 1. The summed E-state index contributed by atoms with van der Waals surface area (Å²) < 4.78 is 0. The molecule has 0 saturated heterocycles. The Hall–Kier alpha value is -0.0800. The SMILES string of the molecule is CN(CC1CCCCC1)C(CN)CC(C)(C)C. The van der Waals surface area contributed by atoms with Gasteiger partial charge in [0, 0.05) is 19.1 Å². The predicted octanol–water partition coefficient (Wildman–Crippen LogP) is 3.26. The van der Waals surface area contributed by atoms with Gasteiger partial charge in [-0.25, -0.2) is 0 Å². The summed E-state index contributed by atoms with van der Waals surface area (Å²) in [6.45, 7) is 8.97. The summed E-state index contributed by atoms with van der Waals surface area (Å²) in [6.07, 6.45) is 8.37. The Labute approximate surface area is 108 Å². The first-order valence-electron chi connectivity index (χ1n) is 7.32. The van der Waals surface area contributed by atoms with Crippen LogP contribution in [0, 0.1) is 11.3 Å². The molecule has 0 bridgehead atoms. The van der Waals surface area contributed by atoms with E-state index in [0.717, 1.165) is 12.5 Å². The first kappa shape index (κ1) is 15.0. The highest BCUT2D eigenvalue weighted by Crippen LogP contribution is 2.27. The highest BCUT2D eigenvalue weighted by molar-refractivity contribution is 4.79. The van der Waals surface area contributed by atoms with Crippen molar-refractivity contribution in [3.63, 3.8) is 0 Å². The first-order valence-corrected chi connectivity index (χ1v) is 7.32. The molecular formula is C15H32N2. The number of hydrogen-bond acceptors (Lipinski definition) is 2. The van der Waals surface area contributed by atoms with E-state index in [1.807, 2.05) is 0 Å². The molecule has 1 unspecified atom stereocenters. The van der Waals surface area contributed by atoms with Gasteiger partial charge in [0.2, 0.25) is 0 Å². The third kappa shape index (κ3) is 5.87. The van der Waals surface area contributed by atoms with Crippen LogP contribution < -0.4 is 5.73 Å². The molecule has 1 aliphatic carbocycles. The largest absolute Gasteiger partial charge is 0.329 e. The van der Waals surface area contributed by atoms with Crippen molar-refractivity contribution in [3.05, 3.63) is 0 Å². The molecule has 1 rings (SSSR count). The van der Waals surface area contributed by atoms with Crippen molar-refractivity contribution >= 4 is 0 Å². The zero-order valence-corrected chi connectivity index (χ0v) is 12.3. The van der Waals surface area contributed by atoms with E-state index in [4.69, 9.17) is 5.73 Å². The summed E-state index contributed by atoms with van der Waals surface area (Å²) in [4.78, 5) is 2.52. The second-order valence-corrected chi connectivity index (χ2v) is 7.10. The Kier molecular flexibility index (Phi) is 5.94. The Morgan fingerprint density at radius 2 is 1.76 bits per heavy atom. The maximum absolute atomic E-state index is 5.94. The van der Waals surface area contributed by atoms with Crippen LogP contribution in [0.5, 0.6) is 0 Å². The van der Waals surface area contributed by atoms with E-state index in [0.29, 0.717) is 11.5 Å². The highest BCUT2D eigenvalue weighted by atomic mass is 15.1. The molecule has 0 aromatic rings. The van der Waals surface area contributed by atoms with Gasteiger partial charge in [-0.15, -0.1) is 0 Å².